The highest BCUT2D eigenvalue weighted by Gasteiger charge is 2.15. The van der Waals surface area contributed by atoms with Gasteiger partial charge in [0.1, 0.15) is 0 Å². The van der Waals surface area contributed by atoms with E-state index in [-0.39, 0.29) is 0 Å². The molecule has 0 fully saturated rings. The number of hydrogen-bond acceptors (Lipinski definition) is 0. The Kier molecular flexibility index (Phi) is 3.56. The standard InChI is InChI=1S/C26H14Br2/c27-17-10-13-19-16(14-17)9-11-21-20-6-3-7-23(28)24(20)22-12-8-15-4-1-2-5-18(15)26(22)25(19)21/h1-14H. The topological polar surface area (TPSA) is 0 Å². The zero-order valence-corrected chi connectivity index (χ0v) is 18.0. The maximum atomic E-state index is 3.82. The third-order valence-electron chi connectivity index (χ3n) is 5.73. The van der Waals surface area contributed by atoms with Gasteiger partial charge in [0.15, 0.2) is 0 Å². The summed E-state index contributed by atoms with van der Waals surface area (Å²) >= 11 is 7.45. The van der Waals surface area contributed by atoms with E-state index in [0.717, 1.165) is 8.95 Å². The van der Waals surface area contributed by atoms with Crippen LogP contribution >= 0.6 is 31.9 Å². The molecule has 0 bridgehead atoms. The van der Waals surface area contributed by atoms with E-state index in [2.05, 4.69) is 117 Å². The van der Waals surface area contributed by atoms with Crippen LogP contribution in [-0.2, 0) is 0 Å². The normalized spacial score (nSPS) is 11.9. The molecule has 6 aromatic carbocycles. The van der Waals surface area contributed by atoms with Gasteiger partial charge < -0.3 is 0 Å². The van der Waals surface area contributed by atoms with E-state index in [0.29, 0.717) is 0 Å². The van der Waals surface area contributed by atoms with E-state index in [1.807, 2.05) is 0 Å². The molecule has 0 saturated heterocycles. The molecule has 0 atom stereocenters. The maximum absolute atomic E-state index is 3.82. The van der Waals surface area contributed by atoms with Gasteiger partial charge in [0, 0.05) is 14.3 Å². The van der Waals surface area contributed by atoms with Crippen molar-refractivity contribution in [2.45, 2.75) is 0 Å². The lowest BCUT2D eigenvalue weighted by atomic mass is 9.89. The second-order valence-corrected chi connectivity index (χ2v) is 9.00. The lowest BCUT2D eigenvalue weighted by molar-refractivity contribution is 1.73. The summed E-state index contributed by atoms with van der Waals surface area (Å²) in [6.07, 6.45) is 0. The average molecular weight is 486 g/mol. The van der Waals surface area contributed by atoms with Crippen molar-refractivity contribution in [2.24, 2.45) is 0 Å². The number of rotatable bonds is 0. The van der Waals surface area contributed by atoms with Crippen LogP contribution in [-0.4, -0.2) is 0 Å². The predicted molar refractivity (Wildman–Crippen MR) is 129 cm³/mol. The van der Waals surface area contributed by atoms with Gasteiger partial charge in [-0.25, -0.2) is 0 Å². The van der Waals surface area contributed by atoms with Crippen molar-refractivity contribution < 1.29 is 0 Å². The molecule has 0 nitrogen and oxygen atoms in total. The lowest BCUT2D eigenvalue weighted by Crippen LogP contribution is -1.88. The molecule has 0 unspecified atom stereocenters. The predicted octanol–water partition coefficient (Wildman–Crippen LogP) is 8.98. The molecule has 6 aromatic rings. The summed E-state index contributed by atoms with van der Waals surface area (Å²) in [4.78, 5) is 0. The lowest BCUT2D eigenvalue weighted by Gasteiger charge is -2.16. The monoisotopic (exact) mass is 484 g/mol. The fourth-order valence-electron chi connectivity index (χ4n) is 4.57. The molecule has 0 radical (unpaired) electrons. The van der Waals surface area contributed by atoms with Crippen LogP contribution in [0.4, 0.5) is 0 Å². The molecule has 28 heavy (non-hydrogen) atoms. The van der Waals surface area contributed by atoms with Crippen molar-refractivity contribution in [1.82, 2.24) is 0 Å². The minimum atomic E-state index is 1.11. The molecule has 6 rings (SSSR count). The summed E-state index contributed by atoms with van der Waals surface area (Å²) in [5, 5.41) is 13.0. The summed E-state index contributed by atoms with van der Waals surface area (Å²) in [6, 6.07) is 30.8. The van der Waals surface area contributed by atoms with Crippen LogP contribution in [0.15, 0.2) is 93.9 Å². The van der Waals surface area contributed by atoms with Crippen LogP contribution in [0.1, 0.15) is 0 Å². The third kappa shape index (κ3) is 2.22. The van der Waals surface area contributed by atoms with Crippen molar-refractivity contribution in [2.75, 3.05) is 0 Å². The van der Waals surface area contributed by atoms with Gasteiger partial charge in [-0.05, 0) is 66.7 Å². The molecule has 2 heteroatoms. The van der Waals surface area contributed by atoms with Crippen molar-refractivity contribution in [1.29, 1.82) is 0 Å². The van der Waals surface area contributed by atoms with Crippen molar-refractivity contribution >= 4 is 85.7 Å². The van der Waals surface area contributed by atoms with Crippen LogP contribution in [0.25, 0.3) is 53.9 Å². The second-order valence-electron chi connectivity index (χ2n) is 7.23. The Hall–Kier alpha value is -2.42. The molecule has 0 aliphatic heterocycles. The fraction of sp³-hybridized carbons (Fsp3) is 0. The van der Waals surface area contributed by atoms with Crippen molar-refractivity contribution in [3.05, 3.63) is 93.9 Å². The molecule has 132 valence electrons. The van der Waals surface area contributed by atoms with Crippen molar-refractivity contribution in [3.63, 3.8) is 0 Å². The minimum absolute atomic E-state index is 1.11. The second kappa shape index (κ2) is 6.04. The first-order chi connectivity index (χ1) is 13.7. The van der Waals surface area contributed by atoms with E-state index >= 15 is 0 Å². The number of benzene rings is 6. The van der Waals surface area contributed by atoms with Crippen LogP contribution in [0.2, 0.25) is 0 Å². The van der Waals surface area contributed by atoms with Gasteiger partial charge in [-0.2, -0.15) is 0 Å². The molecule has 0 amide bonds. The molecule has 0 heterocycles. The summed E-state index contributed by atoms with van der Waals surface area (Å²) < 4.78 is 2.25. The van der Waals surface area contributed by atoms with Gasteiger partial charge in [0.05, 0.1) is 0 Å². The SMILES string of the molecule is Brc1ccc2c(ccc3c4cccc(Br)c4c4ccc5ccccc5c4c23)c1. The van der Waals surface area contributed by atoms with Crippen LogP contribution in [0.5, 0.6) is 0 Å². The Morgan fingerprint density at radius 3 is 2.00 bits per heavy atom. The third-order valence-corrected chi connectivity index (χ3v) is 6.89. The van der Waals surface area contributed by atoms with Gasteiger partial charge in [-0.1, -0.05) is 98.6 Å². The summed E-state index contributed by atoms with van der Waals surface area (Å²) in [5.41, 5.74) is 0. The number of hydrogen-bond donors (Lipinski definition) is 0. The molecule has 0 aromatic heterocycles. The van der Waals surface area contributed by atoms with E-state index < -0.39 is 0 Å². The number of halogens is 2. The Bertz CT molecular complexity index is 1580. The van der Waals surface area contributed by atoms with E-state index in [4.69, 9.17) is 0 Å². The largest absolute Gasteiger partial charge is 0.0616 e. The van der Waals surface area contributed by atoms with E-state index in [1.54, 1.807) is 0 Å². The van der Waals surface area contributed by atoms with Gasteiger partial charge in [-0.3, -0.25) is 0 Å². The quantitative estimate of drug-likeness (QED) is 0.188. The highest BCUT2D eigenvalue weighted by atomic mass is 79.9. The highest BCUT2D eigenvalue weighted by Crippen LogP contribution is 2.44. The zero-order valence-electron chi connectivity index (χ0n) is 14.8. The Morgan fingerprint density at radius 2 is 1.07 bits per heavy atom. The molecule has 0 spiro atoms. The van der Waals surface area contributed by atoms with E-state index in [9.17, 15) is 0 Å². The molecular formula is C26H14Br2. The van der Waals surface area contributed by atoms with Crippen LogP contribution in [0.3, 0.4) is 0 Å². The Labute approximate surface area is 179 Å². The fourth-order valence-corrected chi connectivity index (χ4v) is 5.52. The van der Waals surface area contributed by atoms with E-state index in [1.165, 1.54) is 53.9 Å². The molecule has 0 saturated carbocycles. The number of fused-ring (bicyclic) bond motifs is 10. The van der Waals surface area contributed by atoms with Gasteiger partial charge >= 0.3 is 0 Å². The summed E-state index contributed by atoms with van der Waals surface area (Å²) in [7, 11) is 0. The average Bonchev–Trinajstić information content (AvgIpc) is 2.72. The maximum Gasteiger partial charge on any atom is 0.0260 e. The first-order valence-electron chi connectivity index (χ1n) is 9.26. The van der Waals surface area contributed by atoms with Crippen LogP contribution < -0.4 is 0 Å². The minimum Gasteiger partial charge on any atom is -0.0616 e. The zero-order chi connectivity index (χ0) is 18.8. The summed E-state index contributed by atoms with van der Waals surface area (Å²) in [5.74, 6) is 0. The first kappa shape index (κ1) is 16.5. The molecule has 0 aliphatic rings. The van der Waals surface area contributed by atoms with Gasteiger partial charge in [0.25, 0.3) is 0 Å². The van der Waals surface area contributed by atoms with Crippen LogP contribution in [0, 0.1) is 0 Å². The van der Waals surface area contributed by atoms with Gasteiger partial charge in [-0.15, -0.1) is 0 Å². The Morgan fingerprint density at radius 1 is 0.429 bits per heavy atom. The molecular weight excluding hydrogens is 472 g/mol. The van der Waals surface area contributed by atoms with Gasteiger partial charge in [0.2, 0.25) is 0 Å². The smallest absolute Gasteiger partial charge is 0.0260 e. The van der Waals surface area contributed by atoms with Crippen molar-refractivity contribution in [3.8, 4) is 0 Å². The highest BCUT2D eigenvalue weighted by molar-refractivity contribution is 9.11. The first-order valence-corrected chi connectivity index (χ1v) is 10.8. The molecule has 0 N–H and O–H groups in total. The Balaban J connectivity index is 2.07. The summed E-state index contributed by atoms with van der Waals surface area (Å²) in [6.45, 7) is 0. The molecule has 0 aliphatic carbocycles.